The lowest BCUT2D eigenvalue weighted by Gasteiger charge is -2.47. The Morgan fingerprint density at radius 1 is 0.443 bits per heavy atom. The van der Waals surface area contributed by atoms with Crippen molar-refractivity contribution in [2.24, 2.45) is 5.41 Å². The molecule has 1 unspecified atom stereocenters. The molecule has 0 saturated heterocycles. The number of nitrogens with zero attached hydrogens (tertiary/aromatic N) is 1. The molecule has 15 rings (SSSR count). The number of fused-ring (bicyclic) bond motifs is 14. The van der Waals surface area contributed by atoms with Crippen LogP contribution in [0.15, 0.2) is 253 Å². The molecule has 0 aliphatic heterocycles. The monoisotopic (exact) mass is 905 g/mol. The van der Waals surface area contributed by atoms with Crippen LogP contribution in [0, 0.1) is 5.41 Å². The Morgan fingerprint density at radius 3 is 1.81 bits per heavy atom. The minimum Gasteiger partial charge on any atom is -0.311 e. The van der Waals surface area contributed by atoms with Crippen LogP contribution in [0.25, 0.3) is 88.0 Å². The maximum Gasteiger partial charge on any atom is 0.0803 e. The number of allylic oxidation sites excluding steroid dienone is 7. The summed E-state index contributed by atoms with van der Waals surface area (Å²) in [5.74, 6) is 0. The summed E-state index contributed by atoms with van der Waals surface area (Å²) in [5, 5.41) is 2.59. The number of para-hydroxylation sites is 1. The van der Waals surface area contributed by atoms with Crippen molar-refractivity contribution in [1.29, 1.82) is 0 Å². The van der Waals surface area contributed by atoms with Crippen LogP contribution in [-0.4, -0.2) is 0 Å². The van der Waals surface area contributed by atoms with Gasteiger partial charge in [-0.1, -0.05) is 206 Å². The van der Waals surface area contributed by atoms with Crippen molar-refractivity contribution >= 4 is 66.2 Å². The second kappa shape index (κ2) is 15.2. The van der Waals surface area contributed by atoms with Gasteiger partial charge in [0.1, 0.15) is 0 Å². The van der Waals surface area contributed by atoms with Crippen LogP contribution in [0.2, 0.25) is 0 Å². The van der Waals surface area contributed by atoms with Gasteiger partial charge in [-0.05, 0) is 132 Å². The van der Waals surface area contributed by atoms with Crippen LogP contribution in [0.3, 0.4) is 0 Å². The molecule has 1 atom stereocenters. The van der Waals surface area contributed by atoms with Gasteiger partial charge in [0.05, 0.1) is 16.8 Å². The zero-order chi connectivity index (χ0) is 45.9. The van der Waals surface area contributed by atoms with Gasteiger partial charge >= 0.3 is 0 Å². The molecule has 70 heavy (non-hydrogen) atoms. The summed E-state index contributed by atoms with van der Waals surface area (Å²) < 4.78 is 2.59. The van der Waals surface area contributed by atoms with Crippen molar-refractivity contribution in [2.45, 2.75) is 6.42 Å². The van der Waals surface area contributed by atoms with E-state index in [1.54, 1.807) is 0 Å². The van der Waals surface area contributed by atoms with E-state index in [-0.39, 0.29) is 0 Å². The van der Waals surface area contributed by atoms with Gasteiger partial charge in [-0.15, -0.1) is 11.3 Å². The minimum absolute atomic E-state index is 0.699. The van der Waals surface area contributed by atoms with E-state index in [1.165, 1.54) is 132 Å². The Labute approximate surface area is 412 Å². The standard InChI is InChI=1S/C68H43NS/c1-3-19-43(20-4-1)56-42-57-50-28-12-7-23-45(50)39-58(57)67(65(56)44-21-5-2-6-22-44)69(61-33-15-13-29-53(61)54-31-17-35-63-66(54)55-30-14-16-34-62(55)70-63)64-37-36-52-49-27-11-9-25-47(49)41-60(52)68(64)38-18-32-51-48-26-10-8-24-46(48)40-59(51)68/h1-38,40-42H,39H2. The van der Waals surface area contributed by atoms with Crippen LogP contribution in [0.4, 0.5) is 11.4 Å². The number of anilines is 2. The normalized spacial score (nSPS) is 16.7. The van der Waals surface area contributed by atoms with Gasteiger partial charge in [-0.2, -0.15) is 0 Å². The van der Waals surface area contributed by atoms with Crippen molar-refractivity contribution in [3.63, 3.8) is 0 Å². The summed E-state index contributed by atoms with van der Waals surface area (Å²) in [6.45, 7) is 0. The highest BCUT2D eigenvalue weighted by molar-refractivity contribution is 7.25. The Kier molecular flexibility index (Phi) is 8.58. The van der Waals surface area contributed by atoms with E-state index in [4.69, 9.17) is 0 Å². The van der Waals surface area contributed by atoms with E-state index in [0.717, 1.165) is 12.1 Å². The van der Waals surface area contributed by atoms with Crippen LogP contribution >= 0.6 is 11.3 Å². The van der Waals surface area contributed by atoms with E-state index < -0.39 is 5.41 Å². The van der Waals surface area contributed by atoms with Crippen LogP contribution in [-0.2, 0) is 6.42 Å². The summed E-state index contributed by atoms with van der Waals surface area (Å²) in [5.41, 5.74) is 25.6. The lowest BCUT2D eigenvalue weighted by molar-refractivity contribution is 0.676. The van der Waals surface area contributed by atoms with E-state index >= 15 is 0 Å². The molecule has 0 saturated carbocycles. The molecule has 1 heterocycles. The smallest absolute Gasteiger partial charge is 0.0803 e. The van der Waals surface area contributed by atoms with Crippen molar-refractivity contribution in [1.82, 2.24) is 0 Å². The second-order valence-corrected chi connectivity index (χ2v) is 20.1. The molecule has 1 nitrogen and oxygen atoms in total. The van der Waals surface area contributed by atoms with Gasteiger partial charge in [-0.3, -0.25) is 0 Å². The minimum atomic E-state index is -0.699. The molecule has 0 N–H and O–H groups in total. The summed E-state index contributed by atoms with van der Waals surface area (Å²) in [7, 11) is 0. The predicted octanol–water partition coefficient (Wildman–Crippen LogP) is 18.2. The molecule has 9 aromatic carbocycles. The van der Waals surface area contributed by atoms with Crippen molar-refractivity contribution < 1.29 is 0 Å². The third-order valence-electron chi connectivity index (χ3n) is 15.5. The van der Waals surface area contributed by atoms with E-state index in [9.17, 15) is 0 Å². The topological polar surface area (TPSA) is 3.24 Å². The third-order valence-corrected chi connectivity index (χ3v) is 16.6. The summed E-state index contributed by atoms with van der Waals surface area (Å²) in [4.78, 5) is 2.75. The number of rotatable bonds is 6. The molecular weight excluding hydrogens is 863 g/mol. The number of hydrogen-bond acceptors (Lipinski definition) is 2. The highest BCUT2D eigenvalue weighted by Crippen LogP contribution is 2.65. The number of hydrogen-bond donors (Lipinski definition) is 0. The molecule has 1 aromatic heterocycles. The first-order chi connectivity index (χ1) is 34.7. The molecule has 1 spiro atoms. The van der Waals surface area contributed by atoms with Crippen molar-refractivity contribution in [3.8, 4) is 44.5 Å². The molecular formula is C68H43NS. The van der Waals surface area contributed by atoms with Crippen molar-refractivity contribution in [3.05, 3.63) is 287 Å². The van der Waals surface area contributed by atoms with E-state index in [0.29, 0.717) is 0 Å². The maximum atomic E-state index is 2.75. The molecule has 0 radical (unpaired) electrons. The zero-order valence-corrected chi connectivity index (χ0v) is 39.1. The number of benzene rings is 9. The Balaban J connectivity index is 1.12. The van der Waals surface area contributed by atoms with Crippen LogP contribution in [0.5, 0.6) is 0 Å². The largest absolute Gasteiger partial charge is 0.311 e. The maximum absolute atomic E-state index is 2.75. The second-order valence-electron chi connectivity index (χ2n) is 19.0. The first-order valence-electron chi connectivity index (χ1n) is 24.4. The molecule has 0 bridgehead atoms. The molecule has 326 valence electrons. The molecule has 10 aromatic rings. The Bertz CT molecular complexity index is 4050. The highest BCUT2D eigenvalue weighted by atomic mass is 32.1. The van der Waals surface area contributed by atoms with Gasteiger partial charge in [-0.25, -0.2) is 0 Å². The van der Waals surface area contributed by atoms with Gasteiger partial charge in [0.15, 0.2) is 0 Å². The third kappa shape index (κ3) is 5.60. The summed E-state index contributed by atoms with van der Waals surface area (Å²) in [6.07, 6.45) is 17.9. The van der Waals surface area contributed by atoms with Crippen molar-refractivity contribution in [2.75, 3.05) is 4.90 Å². The fourth-order valence-electron chi connectivity index (χ4n) is 12.5. The highest BCUT2D eigenvalue weighted by Gasteiger charge is 2.51. The van der Waals surface area contributed by atoms with Gasteiger partial charge in [0, 0.05) is 43.4 Å². The molecule has 0 fully saturated rings. The fourth-order valence-corrected chi connectivity index (χ4v) is 13.7. The molecule has 5 aliphatic rings. The number of thiophene rings is 1. The van der Waals surface area contributed by atoms with Gasteiger partial charge in [0.2, 0.25) is 0 Å². The van der Waals surface area contributed by atoms with Crippen LogP contribution < -0.4 is 4.90 Å². The SMILES string of the molecule is C1=CC2(C3=Cc4ccccc4C3=C1)C1=Cc3ccccc3C1=CC=C2N(c1ccccc1-c1cccc2sc3ccccc3c12)c1c2c(cc(-c3ccccc3)c1-c1ccccc1)-c1ccccc1C2. The Hall–Kier alpha value is -8.56. The first-order valence-corrected chi connectivity index (χ1v) is 25.2. The zero-order valence-electron chi connectivity index (χ0n) is 38.2. The average molecular weight is 906 g/mol. The average Bonchev–Trinajstić information content (AvgIpc) is 4.21. The van der Waals surface area contributed by atoms with Gasteiger partial charge < -0.3 is 4.90 Å². The quantitative estimate of drug-likeness (QED) is 0.161. The van der Waals surface area contributed by atoms with Crippen LogP contribution in [0.1, 0.15) is 33.4 Å². The Morgan fingerprint density at radius 2 is 1.04 bits per heavy atom. The van der Waals surface area contributed by atoms with E-state index in [2.05, 4.69) is 254 Å². The summed E-state index contributed by atoms with van der Waals surface area (Å²) in [6, 6.07) is 76.9. The lowest BCUT2D eigenvalue weighted by Crippen LogP contribution is -2.38. The lowest BCUT2D eigenvalue weighted by atomic mass is 9.63. The molecule has 2 heteroatoms. The fraction of sp³-hybridized carbons (Fsp3) is 0.0294. The summed E-state index contributed by atoms with van der Waals surface area (Å²) >= 11 is 1.88. The molecule has 5 aliphatic carbocycles. The predicted molar refractivity (Wildman–Crippen MR) is 297 cm³/mol. The van der Waals surface area contributed by atoms with E-state index in [1.807, 2.05) is 11.3 Å². The first kappa shape index (κ1) is 39.4. The van der Waals surface area contributed by atoms with Gasteiger partial charge in [0.25, 0.3) is 0 Å². The molecule has 0 amide bonds.